The summed E-state index contributed by atoms with van der Waals surface area (Å²) in [6.07, 6.45) is 1.54. The van der Waals surface area contributed by atoms with Crippen LogP contribution in [0.15, 0.2) is 30.5 Å². The average molecular weight is 334 g/mol. The quantitative estimate of drug-likeness (QED) is 0.665. The maximum Gasteiger partial charge on any atom is 0.147 e. The second-order valence-electron chi connectivity index (χ2n) is 3.54. The summed E-state index contributed by atoms with van der Waals surface area (Å²) in [7, 11) is 0. The summed E-state index contributed by atoms with van der Waals surface area (Å²) in [5.41, 5.74) is 5.96. The number of hydrogen-bond donors (Lipinski definition) is 1. The van der Waals surface area contributed by atoms with Crippen molar-refractivity contribution in [2.75, 3.05) is 0 Å². The van der Waals surface area contributed by atoms with E-state index in [1.807, 2.05) is 0 Å². The molecule has 0 aliphatic rings. The predicted octanol–water partition coefficient (Wildman–Crippen LogP) is 4.47. The van der Waals surface area contributed by atoms with Crippen molar-refractivity contribution in [3.8, 4) is 11.5 Å². The van der Waals surface area contributed by atoms with Gasteiger partial charge in [0.25, 0.3) is 0 Å². The Morgan fingerprint density at radius 1 is 1.11 bits per heavy atom. The highest BCUT2D eigenvalue weighted by atomic mass is 35.5. The van der Waals surface area contributed by atoms with Crippen molar-refractivity contribution >= 4 is 52.0 Å². The highest BCUT2D eigenvalue weighted by Crippen LogP contribution is 2.36. The van der Waals surface area contributed by atoms with Gasteiger partial charge in [-0.15, -0.1) is 0 Å². The zero-order chi connectivity index (χ0) is 14.0. The van der Waals surface area contributed by atoms with Crippen LogP contribution in [-0.4, -0.2) is 9.97 Å². The molecular weight excluding hydrogens is 327 g/mol. The summed E-state index contributed by atoms with van der Waals surface area (Å²) < 4.78 is 5.61. The van der Waals surface area contributed by atoms with Crippen LogP contribution in [-0.2, 0) is 0 Å². The number of nitrogens with zero attached hydrogens (tertiary/aromatic N) is 1. The van der Waals surface area contributed by atoms with E-state index in [2.05, 4.69) is 4.98 Å². The molecule has 0 radical (unpaired) electrons. The lowest BCUT2D eigenvalue weighted by Crippen LogP contribution is -2.11. The molecule has 0 saturated carbocycles. The molecule has 3 nitrogen and oxygen atoms in total. The van der Waals surface area contributed by atoms with Gasteiger partial charge in [0, 0.05) is 18.3 Å². The van der Waals surface area contributed by atoms with Crippen LogP contribution in [0.1, 0.15) is 5.69 Å². The second-order valence-corrected chi connectivity index (χ2v) is 5.20. The van der Waals surface area contributed by atoms with Gasteiger partial charge in [0.2, 0.25) is 0 Å². The van der Waals surface area contributed by atoms with Gasteiger partial charge in [-0.05, 0) is 12.1 Å². The van der Waals surface area contributed by atoms with E-state index >= 15 is 0 Å². The van der Waals surface area contributed by atoms with Crippen LogP contribution < -0.4 is 10.5 Å². The number of aromatic nitrogens is 1. The fourth-order valence-electron chi connectivity index (χ4n) is 1.32. The van der Waals surface area contributed by atoms with Crippen LogP contribution >= 0.6 is 47.0 Å². The number of rotatable bonds is 3. The highest BCUT2D eigenvalue weighted by Gasteiger charge is 2.09. The second kappa shape index (κ2) is 5.92. The fourth-order valence-corrected chi connectivity index (χ4v) is 2.01. The summed E-state index contributed by atoms with van der Waals surface area (Å²) >= 11 is 22.6. The highest BCUT2D eigenvalue weighted by molar-refractivity contribution is 7.80. The molecule has 2 rings (SSSR count). The molecule has 0 aliphatic heterocycles. The number of thiocarbonyl (C=S) groups is 1. The maximum absolute atomic E-state index is 6.02. The Morgan fingerprint density at radius 3 is 2.47 bits per heavy atom. The van der Waals surface area contributed by atoms with Crippen LogP contribution in [0.3, 0.4) is 0 Å². The van der Waals surface area contributed by atoms with E-state index in [-0.39, 0.29) is 4.99 Å². The minimum absolute atomic E-state index is 0.186. The van der Waals surface area contributed by atoms with E-state index in [1.54, 1.807) is 12.1 Å². The zero-order valence-corrected chi connectivity index (χ0v) is 12.4. The van der Waals surface area contributed by atoms with Crippen molar-refractivity contribution in [2.24, 2.45) is 5.73 Å². The van der Waals surface area contributed by atoms with E-state index in [0.29, 0.717) is 32.3 Å². The molecule has 2 aromatic rings. The first-order valence-corrected chi connectivity index (χ1v) is 6.60. The molecule has 0 saturated heterocycles. The number of pyridine rings is 1. The van der Waals surface area contributed by atoms with Gasteiger partial charge >= 0.3 is 0 Å². The van der Waals surface area contributed by atoms with Crippen LogP contribution in [0.5, 0.6) is 11.5 Å². The molecule has 0 unspecified atom stereocenters. The van der Waals surface area contributed by atoms with Gasteiger partial charge in [0.15, 0.2) is 0 Å². The summed E-state index contributed by atoms with van der Waals surface area (Å²) in [4.78, 5) is 4.19. The SMILES string of the molecule is NC(=S)c1cc(Oc2cc(Cl)c(Cl)cc2Cl)ccn1. The lowest BCUT2D eigenvalue weighted by Gasteiger charge is -2.09. The number of nitrogens with two attached hydrogens (primary N) is 1. The third-order valence-corrected chi connectivity index (χ3v) is 3.41. The first kappa shape index (κ1) is 14.3. The molecule has 1 aromatic heterocycles. The fraction of sp³-hybridized carbons (Fsp3) is 0. The minimum atomic E-state index is 0.186. The van der Waals surface area contributed by atoms with Crippen molar-refractivity contribution in [1.82, 2.24) is 4.98 Å². The van der Waals surface area contributed by atoms with Gasteiger partial charge in [0.1, 0.15) is 22.2 Å². The molecule has 0 fully saturated rings. The third kappa shape index (κ3) is 3.48. The van der Waals surface area contributed by atoms with Gasteiger partial charge in [0.05, 0.1) is 15.1 Å². The molecule has 1 aromatic carbocycles. The Kier molecular flexibility index (Phi) is 4.47. The first-order chi connectivity index (χ1) is 8.97. The lowest BCUT2D eigenvalue weighted by atomic mass is 10.3. The van der Waals surface area contributed by atoms with Crippen molar-refractivity contribution in [3.63, 3.8) is 0 Å². The monoisotopic (exact) mass is 332 g/mol. The van der Waals surface area contributed by atoms with E-state index in [4.69, 9.17) is 57.5 Å². The molecule has 1 heterocycles. The standard InChI is InChI=1S/C12H7Cl3N2OS/c13-7-4-9(15)11(5-8(7)14)18-6-1-2-17-10(3-6)12(16)19/h1-5H,(H2,16,19). The Balaban J connectivity index is 2.33. The van der Waals surface area contributed by atoms with Gasteiger partial charge in [-0.2, -0.15) is 0 Å². The molecule has 0 spiro atoms. The zero-order valence-electron chi connectivity index (χ0n) is 9.36. The van der Waals surface area contributed by atoms with Crippen molar-refractivity contribution in [1.29, 1.82) is 0 Å². The van der Waals surface area contributed by atoms with Crippen LogP contribution in [0.4, 0.5) is 0 Å². The van der Waals surface area contributed by atoms with Crippen LogP contribution in [0.2, 0.25) is 15.1 Å². The van der Waals surface area contributed by atoms with E-state index in [1.165, 1.54) is 18.3 Å². The van der Waals surface area contributed by atoms with E-state index in [9.17, 15) is 0 Å². The van der Waals surface area contributed by atoms with Gasteiger partial charge in [-0.25, -0.2) is 0 Å². The number of benzene rings is 1. The Morgan fingerprint density at radius 2 is 1.79 bits per heavy atom. The van der Waals surface area contributed by atoms with E-state index < -0.39 is 0 Å². The Hall–Kier alpha value is -1.07. The predicted molar refractivity (Wildman–Crippen MR) is 81.7 cm³/mol. The largest absolute Gasteiger partial charge is 0.456 e. The Labute approximate surface area is 130 Å². The van der Waals surface area contributed by atoms with Crippen LogP contribution in [0, 0.1) is 0 Å². The van der Waals surface area contributed by atoms with Crippen molar-refractivity contribution in [2.45, 2.75) is 0 Å². The molecule has 7 heteroatoms. The van der Waals surface area contributed by atoms with Gasteiger partial charge in [-0.3, -0.25) is 4.98 Å². The minimum Gasteiger partial charge on any atom is -0.456 e. The normalized spacial score (nSPS) is 10.3. The molecule has 0 amide bonds. The topological polar surface area (TPSA) is 48.1 Å². The Bertz CT molecular complexity index is 649. The number of halogens is 3. The molecule has 0 aliphatic carbocycles. The van der Waals surface area contributed by atoms with Crippen LogP contribution in [0.25, 0.3) is 0 Å². The molecule has 0 bridgehead atoms. The number of ether oxygens (including phenoxy) is 1. The molecule has 19 heavy (non-hydrogen) atoms. The molecule has 0 atom stereocenters. The summed E-state index contributed by atoms with van der Waals surface area (Å²) in [6.45, 7) is 0. The lowest BCUT2D eigenvalue weighted by molar-refractivity contribution is 0.482. The van der Waals surface area contributed by atoms with Gasteiger partial charge < -0.3 is 10.5 Å². The smallest absolute Gasteiger partial charge is 0.147 e. The maximum atomic E-state index is 6.02. The summed E-state index contributed by atoms with van der Waals surface area (Å²) in [6, 6.07) is 6.31. The average Bonchev–Trinajstić information content (AvgIpc) is 2.36. The number of hydrogen-bond acceptors (Lipinski definition) is 3. The molecular formula is C12H7Cl3N2OS. The summed E-state index contributed by atoms with van der Waals surface area (Å²) in [5, 5.41) is 1.06. The van der Waals surface area contributed by atoms with Crippen molar-refractivity contribution < 1.29 is 4.74 Å². The molecule has 2 N–H and O–H groups in total. The molecule has 98 valence electrons. The first-order valence-electron chi connectivity index (χ1n) is 5.05. The van der Waals surface area contributed by atoms with Gasteiger partial charge in [-0.1, -0.05) is 47.0 Å². The summed E-state index contributed by atoms with van der Waals surface area (Å²) in [5.74, 6) is 0.884. The van der Waals surface area contributed by atoms with Crippen molar-refractivity contribution in [3.05, 3.63) is 51.2 Å². The third-order valence-electron chi connectivity index (χ3n) is 2.19. The van der Waals surface area contributed by atoms with E-state index in [0.717, 1.165) is 0 Å².